The highest BCUT2D eigenvalue weighted by molar-refractivity contribution is 9.10. The molecular weight excluding hydrogens is 352 g/mol. The first-order valence-electron chi connectivity index (χ1n) is 7.13. The second-order valence-electron chi connectivity index (χ2n) is 5.86. The summed E-state index contributed by atoms with van der Waals surface area (Å²) in [6, 6.07) is 7.25. The fourth-order valence-electron chi connectivity index (χ4n) is 2.12. The van der Waals surface area contributed by atoms with Crippen molar-refractivity contribution in [3.05, 3.63) is 28.7 Å². The minimum atomic E-state index is -0.892. The highest BCUT2D eigenvalue weighted by Crippen LogP contribution is 2.32. The molecule has 0 saturated carbocycles. The number of cyclic esters (lactones) is 1. The Morgan fingerprint density at radius 2 is 2.14 bits per heavy atom. The lowest BCUT2D eigenvalue weighted by Crippen LogP contribution is -2.39. The van der Waals surface area contributed by atoms with Crippen LogP contribution in [0.15, 0.2) is 28.7 Å². The molecule has 0 amide bonds. The van der Waals surface area contributed by atoms with E-state index in [0.717, 1.165) is 4.47 Å². The average molecular weight is 371 g/mol. The summed E-state index contributed by atoms with van der Waals surface area (Å²) in [5.74, 6) is -0.510. The molecule has 1 aliphatic heterocycles. The number of hydrogen-bond donors (Lipinski definition) is 0. The summed E-state index contributed by atoms with van der Waals surface area (Å²) >= 11 is 3.37. The van der Waals surface area contributed by atoms with E-state index in [4.69, 9.17) is 14.2 Å². The minimum absolute atomic E-state index is 0.242. The van der Waals surface area contributed by atoms with Gasteiger partial charge in [-0.25, -0.2) is 9.59 Å². The van der Waals surface area contributed by atoms with Crippen LogP contribution in [0.1, 0.15) is 27.2 Å². The molecule has 2 atom stereocenters. The van der Waals surface area contributed by atoms with Crippen LogP contribution in [-0.4, -0.2) is 30.8 Å². The third kappa shape index (κ3) is 3.61. The van der Waals surface area contributed by atoms with E-state index in [9.17, 15) is 9.59 Å². The molecule has 0 radical (unpaired) electrons. The highest BCUT2D eigenvalue weighted by Gasteiger charge is 2.47. The van der Waals surface area contributed by atoms with Crippen molar-refractivity contribution in [2.24, 2.45) is 5.41 Å². The first kappa shape index (κ1) is 16.8. The molecule has 1 aromatic rings. The van der Waals surface area contributed by atoms with Crippen LogP contribution >= 0.6 is 15.9 Å². The molecule has 0 aromatic heterocycles. The number of ether oxygens (including phenoxy) is 3. The Bertz CT molecular complexity index is 569. The molecule has 5 nitrogen and oxygen atoms in total. The summed E-state index contributed by atoms with van der Waals surface area (Å²) in [4.78, 5) is 24.0. The number of carbonyl (C=O) groups excluding carboxylic acids is 2. The normalized spacial score (nSPS) is 21.1. The van der Waals surface area contributed by atoms with Crippen LogP contribution in [-0.2, 0) is 19.1 Å². The second-order valence-corrected chi connectivity index (χ2v) is 6.71. The zero-order valence-electron chi connectivity index (χ0n) is 12.8. The predicted molar refractivity (Wildman–Crippen MR) is 83.5 cm³/mol. The van der Waals surface area contributed by atoms with E-state index in [0.29, 0.717) is 12.2 Å². The maximum absolute atomic E-state index is 12.3. The Morgan fingerprint density at radius 3 is 2.68 bits per heavy atom. The quantitative estimate of drug-likeness (QED) is 0.745. The zero-order valence-corrected chi connectivity index (χ0v) is 14.4. The van der Waals surface area contributed by atoms with Crippen molar-refractivity contribution < 1.29 is 23.8 Å². The molecule has 1 fully saturated rings. The molecule has 1 aromatic carbocycles. The lowest BCUT2D eigenvalue weighted by Gasteiger charge is -2.24. The predicted octanol–water partition coefficient (Wildman–Crippen LogP) is 3.10. The molecule has 0 N–H and O–H groups in total. The Morgan fingerprint density at radius 1 is 1.45 bits per heavy atom. The third-order valence-electron chi connectivity index (χ3n) is 3.48. The van der Waals surface area contributed by atoms with Gasteiger partial charge in [0.15, 0.2) is 6.10 Å². The molecule has 0 spiro atoms. The smallest absolute Gasteiger partial charge is 0.348 e. The van der Waals surface area contributed by atoms with Gasteiger partial charge in [0.05, 0.1) is 4.47 Å². The standard InChI is InChI=1S/C16H19BrO5/c1-4-11(21-12-8-6-5-7-10(12)17)14(18)22-13-15(19)20-9-16(13,2)3/h5-8,11,13H,4,9H2,1-3H3/t11-,13-/m0/s1. The lowest BCUT2D eigenvalue weighted by atomic mass is 9.90. The van der Waals surface area contributed by atoms with Gasteiger partial charge in [-0.3, -0.25) is 0 Å². The summed E-state index contributed by atoms with van der Waals surface area (Å²) < 4.78 is 16.8. The van der Waals surface area contributed by atoms with Crippen LogP contribution in [0, 0.1) is 5.41 Å². The van der Waals surface area contributed by atoms with Gasteiger partial charge < -0.3 is 14.2 Å². The summed E-state index contributed by atoms with van der Waals surface area (Å²) in [5, 5.41) is 0. The van der Waals surface area contributed by atoms with Crippen LogP contribution in [0.25, 0.3) is 0 Å². The van der Waals surface area contributed by atoms with E-state index in [2.05, 4.69) is 15.9 Å². The monoisotopic (exact) mass is 370 g/mol. The van der Waals surface area contributed by atoms with Gasteiger partial charge in [-0.2, -0.15) is 0 Å². The number of halogens is 1. The Labute approximate surface area is 138 Å². The van der Waals surface area contributed by atoms with Crippen LogP contribution in [0.5, 0.6) is 5.75 Å². The molecule has 2 rings (SSSR count). The van der Waals surface area contributed by atoms with Crippen molar-refractivity contribution in [3.63, 3.8) is 0 Å². The van der Waals surface area contributed by atoms with Crippen molar-refractivity contribution in [2.75, 3.05) is 6.61 Å². The molecular formula is C16H19BrO5. The molecule has 0 aliphatic carbocycles. The van der Waals surface area contributed by atoms with Gasteiger partial charge in [-0.1, -0.05) is 32.9 Å². The lowest BCUT2D eigenvalue weighted by molar-refractivity contribution is -0.168. The Hall–Kier alpha value is -1.56. The topological polar surface area (TPSA) is 61.8 Å². The zero-order chi connectivity index (χ0) is 16.3. The van der Waals surface area contributed by atoms with Gasteiger partial charge in [0, 0.05) is 5.41 Å². The first-order valence-corrected chi connectivity index (χ1v) is 7.92. The van der Waals surface area contributed by atoms with Crippen molar-refractivity contribution in [2.45, 2.75) is 39.4 Å². The summed E-state index contributed by atoms with van der Waals surface area (Å²) in [5.41, 5.74) is -0.529. The second kappa shape index (κ2) is 6.69. The van der Waals surface area contributed by atoms with E-state index in [1.807, 2.05) is 39.0 Å². The molecule has 0 unspecified atom stereocenters. The number of hydrogen-bond acceptors (Lipinski definition) is 5. The average Bonchev–Trinajstić information content (AvgIpc) is 2.73. The summed E-state index contributed by atoms with van der Waals surface area (Å²) in [6.07, 6.45) is -1.23. The van der Waals surface area contributed by atoms with Gasteiger partial charge >= 0.3 is 11.9 Å². The van der Waals surface area contributed by atoms with Gasteiger partial charge in [0.25, 0.3) is 0 Å². The number of para-hydroxylation sites is 1. The Kier molecular flexibility index (Phi) is 5.11. The SMILES string of the molecule is CC[C@H](Oc1ccccc1Br)C(=O)O[C@H]1C(=O)OCC1(C)C. The number of carbonyl (C=O) groups is 2. The molecule has 1 aliphatic rings. The molecule has 6 heteroatoms. The van der Waals surface area contributed by atoms with E-state index < -0.39 is 29.6 Å². The maximum Gasteiger partial charge on any atom is 0.348 e. The highest BCUT2D eigenvalue weighted by atomic mass is 79.9. The van der Waals surface area contributed by atoms with Crippen LogP contribution in [0.4, 0.5) is 0 Å². The van der Waals surface area contributed by atoms with E-state index in [-0.39, 0.29) is 6.61 Å². The maximum atomic E-state index is 12.3. The van der Waals surface area contributed by atoms with Gasteiger partial charge in [-0.05, 0) is 34.5 Å². The van der Waals surface area contributed by atoms with Gasteiger partial charge in [0.2, 0.25) is 6.10 Å². The van der Waals surface area contributed by atoms with E-state index in [1.165, 1.54) is 0 Å². The van der Waals surface area contributed by atoms with Crippen molar-refractivity contribution in [1.29, 1.82) is 0 Å². The van der Waals surface area contributed by atoms with Crippen LogP contribution < -0.4 is 4.74 Å². The number of benzene rings is 1. The van der Waals surface area contributed by atoms with Gasteiger partial charge in [0.1, 0.15) is 12.4 Å². The fraction of sp³-hybridized carbons (Fsp3) is 0.500. The molecule has 1 saturated heterocycles. The fourth-order valence-corrected chi connectivity index (χ4v) is 2.50. The Balaban J connectivity index is 2.06. The summed E-state index contributed by atoms with van der Waals surface area (Å²) in [7, 11) is 0. The molecule has 0 bridgehead atoms. The summed E-state index contributed by atoms with van der Waals surface area (Å²) in [6.45, 7) is 5.71. The van der Waals surface area contributed by atoms with Crippen molar-refractivity contribution >= 4 is 27.9 Å². The van der Waals surface area contributed by atoms with Crippen molar-refractivity contribution in [1.82, 2.24) is 0 Å². The van der Waals surface area contributed by atoms with E-state index >= 15 is 0 Å². The molecule has 22 heavy (non-hydrogen) atoms. The molecule has 120 valence electrons. The third-order valence-corrected chi connectivity index (χ3v) is 4.14. The number of esters is 2. The first-order chi connectivity index (χ1) is 10.3. The molecule has 1 heterocycles. The van der Waals surface area contributed by atoms with E-state index in [1.54, 1.807) is 6.07 Å². The van der Waals surface area contributed by atoms with Gasteiger partial charge in [-0.15, -0.1) is 0 Å². The van der Waals surface area contributed by atoms with Crippen LogP contribution in [0.2, 0.25) is 0 Å². The number of rotatable bonds is 5. The minimum Gasteiger partial charge on any atom is -0.478 e. The van der Waals surface area contributed by atoms with Crippen LogP contribution in [0.3, 0.4) is 0 Å². The largest absolute Gasteiger partial charge is 0.478 e. The van der Waals surface area contributed by atoms with Crippen molar-refractivity contribution in [3.8, 4) is 5.75 Å².